The van der Waals surface area contributed by atoms with Crippen LogP contribution in [0, 0.1) is 5.82 Å². The topological polar surface area (TPSA) is 103 Å². The fourth-order valence-corrected chi connectivity index (χ4v) is 3.93. The first-order valence-corrected chi connectivity index (χ1v) is 11.5. The Balaban J connectivity index is 1.33. The molecule has 4 rings (SSSR count). The zero-order chi connectivity index (χ0) is 24.8. The molecule has 11 heteroatoms. The number of carbonyl (C=O) groups excluding carboxylic acids is 2. The minimum Gasteiger partial charge on any atom is -0.354 e. The molecule has 3 heterocycles. The van der Waals surface area contributed by atoms with Gasteiger partial charge in [-0.25, -0.2) is 9.37 Å². The highest BCUT2D eigenvalue weighted by atomic mass is 35.5. The molecule has 182 valence electrons. The number of hydrogen-bond acceptors (Lipinski definition) is 7. The second kappa shape index (κ2) is 11.2. The number of hydrogen-bond donors (Lipinski definition) is 2. The van der Waals surface area contributed by atoms with Crippen LogP contribution in [0.5, 0.6) is 0 Å². The van der Waals surface area contributed by atoms with Crippen LogP contribution in [0.1, 0.15) is 13.3 Å². The molecule has 0 atom stereocenters. The molecule has 1 aliphatic heterocycles. The number of piperazine rings is 1. The molecule has 1 aromatic carbocycles. The zero-order valence-electron chi connectivity index (χ0n) is 19.2. The summed E-state index contributed by atoms with van der Waals surface area (Å²) in [5.41, 5.74) is 1.84. The number of nitrogens with one attached hydrogen (secondary N) is 2. The Morgan fingerprint density at radius 3 is 2.66 bits per heavy atom. The molecular weight excluding hydrogens is 473 g/mol. The second-order valence-corrected chi connectivity index (χ2v) is 8.59. The lowest BCUT2D eigenvalue weighted by atomic mass is 10.1. The number of pyridine rings is 1. The van der Waals surface area contributed by atoms with Crippen molar-refractivity contribution < 1.29 is 14.0 Å². The fraction of sp³-hybridized carbons (Fsp3) is 0.292. The number of halogens is 2. The summed E-state index contributed by atoms with van der Waals surface area (Å²) >= 11 is 5.99. The van der Waals surface area contributed by atoms with Gasteiger partial charge in [0.2, 0.25) is 11.8 Å². The smallest absolute Gasteiger partial charge is 0.226 e. The van der Waals surface area contributed by atoms with Gasteiger partial charge in [0.25, 0.3) is 0 Å². The summed E-state index contributed by atoms with van der Waals surface area (Å²) in [6, 6.07) is 9.34. The van der Waals surface area contributed by atoms with Gasteiger partial charge >= 0.3 is 0 Å². The molecule has 2 aromatic heterocycles. The van der Waals surface area contributed by atoms with Crippen molar-refractivity contribution in [2.45, 2.75) is 13.3 Å². The molecule has 3 aromatic rings. The normalized spacial score (nSPS) is 14.0. The van der Waals surface area contributed by atoms with E-state index in [-0.39, 0.29) is 17.4 Å². The summed E-state index contributed by atoms with van der Waals surface area (Å²) in [5, 5.41) is 14.3. The van der Waals surface area contributed by atoms with Gasteiger partial charge < -0.3 is 15.5 Å². The number of anilines is 3. The highest BCUT2D eigenvalue weighted by Gasteiger charge is 2.19. The highest BCUT2D eigenvalue weighted by Crippen LogP contribution is 2.27. The highest BCUT2D eigenvalue weighted by molar-refractivity contribution is 6.30. The van der Waals surface area contributed by atoms with Gasteiger partial charge in [0, 0.05) is 74.6 Å². The van der Waals surface area contributed by atoms with E-state index in [0.717, 1.165) is 13.1 Å². The van der Waals surface area contributed by atoms with E-state index in [1.807, 2.05) is 4.90 Å². The SMILES string of the molecule is CC(=O)N1CCN(CCC(=O)Nc2cc(Nc3cnnc(-c4cc(Cl)ccc4F)c3)ccn2)CC1. The molecule has 0 saturated carbocycles. The number of aromatic nitrogens is 3. The summed E-state index contributed by atoms with van der Waals surface area (Å²) in [5.74, 6) is -0.106. The van der Waals surface area contributed by atoms with Crippen LogP contribution < -0.4 is 10.6 Å². The summed E-state index contributed by atoms with van der Waals surface area (Å²) in [7, 11) is 0. The maximum Gasteiger partial charge on any atom is 0.226 e. The average molecular weight is 498 g/mol. The molecule has 35 heavy (non-hydrogen) atoms. The van der Waals surface area contributed by atoms with Crippen LogP contribution in [0.2, 0.25) is 5.02 Å². The predicted octanol–water partition coefficient (Wildman–Crippen LogP) is 3.57. The molecule has 0 bridgehead atoms. The van der Waals surface area contributed by atoms with Crippen LogP contribution in [0.15, 0.2) is 48.8 Å². The molecule has 2 amide bonds. The minimum absolute atomic E-state index is 0.0809. The van der Waals surface area contributed by atoms with E-state index in [0.29, 0.717) is 54.0 Å². The van der Waals surface area contributed by atoms with E-state index in [9.17, 15) is 14.0 Å². The first-order valence-electron chi connectivity index (χ1n) is 11.2. The maximum atomic E-state index is 14.2. The second-order valence-electron chi connectivity index (χ2n) is 8.15. The Kier molecular flexibility index (Phi) is 7.84. The van der Waals surface area contributed by atoms with E-state index in [2.05, 4.69) is 30.7 Å². The summed E-state index contributed by atoms with van der Waals surface area (Å²) in [6.45, 7) is 5.06. The fourth-order valence-electron chi connectivity index (χ4n) is 3.76. The average Bonchev–Trinajstić information content (AvgIpc) is 2.85. The molecule has 1 saturated heterocycles. The van der Waals surface area contributed by atoms with Crippen molar-refractivity contribution >= 4 is 40.6 Å². The van der Waals surface area contributed by atoms with Crippen molar-refractivity contribution in [3.63, 3.8) is 0 Å². The van der Waals surface area contributed by atoms with Gasteiger partial charge in [-0.1, -0.05) is 11.6 Å². The van der Waals surface area contributed by atoms with Crippen molar-refractivity contribution in [2.24, 2.45) is 0 Å². The van der Waals surface area contributed by atoms with Gasteiger partial charge in [-0.05, 0) is 30.3 Å². The van der Waals surface area contributed by atoms with Crippen molar-refractivity contribution in [1.82, 2.24) is 25.0 Å². The summed E-state index contributed by atoms with van der Waals surface area (Å²) < 4.78 is 14.2. The number of benzene rings is 1. The van der Waals surface area contributed by atoms with Gasteiger partial charge in [-0.3, -0.25) is 14.5 Å². The largest absolute Gasteiger partial charge is 0.354 e. The number of amides is 2. The third-order valence-corrected chi connectivity index (χ3v) is 5.88. The lowest BCUT2D eigenvalue weighted by Gasteiger charge is -2.33. The Morgan fingerprint density at radius 1 is 1.09 bits per heavy atom. The molecule has 1 aliphatic rings. The van der Waals surface area contributed by atoms with Crippen molar-refractivity contribution in [3.05, 3.63) is 59.6 Å². The van der Waals surface area contributed by atoms with E-state index in [1.165, 1.54) is 24.4 Å². The van der Waals surface area contributed by atoms with Crippen LogP contribution in [-0.4, -0.2) is 69.5 Å². The van der Waals surface area contributed by atoms with E-state index in [1.54, 1.807) is 31.3 Å². The quantitative estimate of drug-likeness (QED) is 0.514. The summed E-state index contributed by atoms with van der Waals surface area (Å²) in [6.07, 6.45) is 3.41. The third-order valence-electron chi connectivity index (χ3n) is 5.65. The molecule has 0 spiro atoms. The number of rotatable bonds is 7. The molecule has 2 N–H and O–H groups in total. The maximum absolute atomic E-state index is 14.2. The van der Waals surface area contributed by atoms with Crippen molar-refractivity contribution in [2.75, 3.05) is 43.4 Å². The summed E-state index contributed by atoms with van der Waals surface area (Å²) in [4.78, 5) is 32.0. The standard InChI is InChI=1S/C24H25ClFN7O2/c1-16(34)33-10-8-32(9-11-33)7-5-24(35)30-23-14-18(4-6-27-23)29-19-13-22(31-28-15-19)20-12-17(25)2-3-21(20)26/h2-4,6,12-15H,5,7-11H2,1H3,(H2,27,29,30,31,35). The molecule has 1 fully saturated rings. The van der Waals surface area contributed by atoms with Gasteiger partial charge in [0.05, 0.1) is 17.6 Å². The van der Waals surface area contributed by atoms with Crippen LogP contribution >= 0.6 is 11.6 Å². The lowest BCUT2D eigenvalue weighted by Crippen LogP contribution is -2.48. The monoisotopic (exact) mass is 497 g/mol. The van der Waals surface area contributed by atoms with Gasteiger partial charge in [0.15, 0.2) is 0 Å². The van der Waals surface area contributed by atoms with Crippen LogP contribution in [0.3, 0.4) is 0 Å². The third kappa shape index (κ3) is 6.71. The van der Waals surface area contributed by atoms with E-state index >= 15 is 0 Å². The lowest BCUT2D eigenvalue weighted by molar-refractivity contribution is -0.130. The molecule has 0 radical (unpaired) electrons. The number of carbonyl (C=O) groups is 2. The number of nitrogens with zero attached hydrogens (tertiary/aromatic N) is 5. The van der Waals surface area contributed by atoms with Gasteiger partial charge in [-0.15, -0.1) is 0 Å². The first-order chi connectivity index (χ1) is 16.9. The van der Waals surface area contributed by atoms with Crippen molar-refractivity contribution in [3.8, 4) is 11.3 Å². The van der Waals surface area contributed by atoms with Crippen LogP contribution in [0.4, 0.5) is 21.6 Å². The Labute approximate surface area is 207 Å². The van der Waals surface area contributed by atoms with E-state index < -0.39 is 5.82 Å². The van der Waals surface area contributed by atoms with E-state index in [4.69, 9.17) is 11.6 Å². The molecule has 0 unspecified atom stereocenters. The van der Waals surface area contributed by atoms with Crippen LogP contribution in [-0.2, 0) is 9.59 Å². The Bertz CT molecular complexity index is 1220. The first kappa shape index (κ1) is 24.5. The van der Waals surface area contributed by atoms with Crippen molar-refractivity contribution in [1.29, 1.82) is 0 Å². The zero-order valence-corrected chi connectivity index (χ0v) is 19.9. The molecule has 9 nitrogen and oxygen atoms in total. The van der Waals surface area contributed by atoms with Gasteiger partial charge in [0.1, 0.15) is 11.6 Å². The Hall–Kier alpha value is -3.63. The van der Waals surface area contributed by atoms with Gasteiger partial charge in [-0.2, -0.15) is 10.2 Å². The molecular formula is C24H25ClFN7O2. The Morgan fingerprint density at radius 2 is 1.89 bits per heavy atom. The molecule has 0 aliphatic carbocycles. The minimum atomic E-state index is -0.449. The van der Waals surface area contributed by atoms with Crippen LogP contribution in [0.25, 0.3) is 11.3 Å². The predicted molar refractivity (Wildman–Crippen MR) is 132 cm³/mol.